The van der Waals surface area contributed by atoms with Crippen LogP contribution in [0.25, 0.3) is 0 Å². The quantitative estimate of drug-likeness (QED) is 0.505. The van der Waals surface area contributed by atoms with Crippen LogP contribution in [-0.4, -0.2) is 31.4 Å². The highest BCUT2D eigenvalue weighted by Crippen LogP contribution is 2.45. The highest BCUT2D eigenvalue weighted by Gasteiger charge is 2.38. The Balaban J connectivity index is 2.00. The molecule has 0 saturated heterocycles. The first-order chi connectivity index (χ1) is 10.4. The second-order valence-electron chi connectivity index (χ2n) is 7.08. The highest BCUT2D eigenvalue weighted by atomic mass is 16.5. The van der Waals surface area contributed by atoms with Crippen molar-refractivity contribution in [3.63, 3.8) is 0 Å². The van der Waals surface area contributed by atoms with Gasteiger partial charge in [0.25, 0.3) is 0 Å². The van der Waals surface area contributed by atoms with E-state index in [1.807, 2.05) is 6.34 Å². The minimum atomic E-state index is 0.416. The van der Waals surface area contributed by atoms with Crippen molar-refractivity contribution in [1.29, 1.82) is 0 Å². The van der Waals surface area contributed by atoms with Gasteiger partial charge in [-0.2, -0.15) is 0 Å². The largest absolute Gasteiger partial charge is 0.493 e. The smallest absolute Gasteiger partial charge is 0.122 e. The van der Waals surface area contributed by atoms with Gasteiger partial charge < -0.3 is 9.64 Å². The van der Waals surface area contributed by atoms with Crippen molar-refractivity contribution in [2.75, 3.05) is 20.2 Å². The summed E-state index contributed by atoms with van der Waals surface area (Å²) in [4.78, 5) is 6.78. The van der Waals surface area contributed by atoms with E-state index < -0.39 is 0 Å². The van der Waals surface area contributed by atoms with Gasteiger partial charge in [-0.3, -0.25) is 0 Å². The first-order valence-electron chi connectivity index (χ1n) is 8.42. The van der Waals surface area contributed by atoms with Crippen LogP contribution in [0, 0.1) is 19.3 Å². The number of unbranched alkanes of at least 4 members (excludes halogenated alkanes) is 1. The number of hydrogen-bond acceptors (Lipinski definition) is 2. The second-order valence-corrected chi connectivity index (χ2v) is 7.08. The molecule has 0 unspecified atom stereocenters. The molecule has 1 saturated carbocycles. The van der Waals surface area contributed by atoms with Crippen molar-refractivity contribution >= 4 is 12.0 Å². The van der Waals surface area contributed by atoms with Gasteiger partial charge in [0.05, 0.1) is 18.6 Å². The van der Waals surface area contributed by atoms with Crippen LogP contribution in [0.3, 0.4) is 0 Å². The van der Waals surface area contributed by atoms with Crippen LogP contribution < -0.4 is 4.74 Å². The third-order valence-corrected chi connectivity index (χ3v) is 4.43. The van der Waals surface area contributed by atoms with E-state index in [9.17, 15) is 0 Å². The Kier molecular flexibility index (Phi) is 5.49. The average molecular weight is 302 g/mol. The third-order valence-electron chi connectivity index (χ3n) is 4.43. The molecule has 1 aromatic rings. The van der Waals surface area contributed by atoms with Gasteiger partial charge >= 0.3 is 0 Å². The van der Waals surface area contributed by atoms with Gasteiger partial charge in [-0.25, -0.2) is 4.99 Å². The zero-order valence-corrected chi connectivity index (χ0v) is 14.8. The lowest BCUT2D eigenvalue weighted by Gasteiger charge is -2.15. The van der Waals surface area contributed by atoms with Crippen LogP contribution in [0.4, 0.5) is 5.69 Å². The maximum atomic E-state index is 6.02. The molecule has 3 nitrogen and oxygen atoms in total. The summed E-state index contributed by atoms with van der Waals surface area (Å²) in [6.07, 6.45) is 6.92. The number of rotatable bonds is 8. The number of aryl methyl sites for hydroxylation is 2. The molecule has 1 aliphatic carbocycles. The molecule has 0 atom stereocenters. The van der Waals surface area contributed by atoms with Crippen molar-refractivity contribution < 1.29 is 4.74 Å². The van der Waals surface area contributed by atoms with Crippen LogP contribution >= 0.6 is 0 Å². The number of ether oxygens (including phenoxy) is 1. The highest BCUT2D eigenvalue weighted by molar-refractivity contribution is 5.64. The molecule has 1 aliphatic rings. The maximum Gasteiger partial charge on any atom is 0.122 e. The Morgan fingerprint density at radius 1 is 1.27 bits per heavy atom. The first-order valence-corrected chi connectivity index (χ1v) is 8.42. The lowest BCUT2D eigenvalue weighted by Crippen LogP contribution is -2.16. The Morgan fingerprint density at radius 2 is 2.00 bits per heavy atom. The van der Waals surface area contributed by atoms with Gasteiger partial charge in [-0.1, -0.05) is 20.3 Å². The van der Waals surface area contributed by atoms with Crippen molar-refractivity contribution in [1.82, 2.24) is 4.90 Å². The zero-order valence-electron chi connectivity index (χ0n) is 14.8. The van der Waals surface area contributed by atoms with E-state index in [1.165, 1.54) is 36.8 Å². The molecule has 3 heteroatoms. The first kappa shape index (κ1) is 16.9. The molecule has 1 fully saturated rings. The van der Waals surface area contributed by atoms with E-state index in [-0.39, 0.29) is 0 Å². The molecule has 0 spiro atoms. The van der Waals surface area contributed by atoms with Gasteiger partial charge in [0.2, 0.25) is 0 Å². The van der Waals surface area contributed by atoms with E-state index in [0.29, 0.717) is 5.41 Å². The maximum absolute atomic E-state index is 6.02. The molecule has 22 heavy (non-hydrogen) atoms. The van der Waals surface area contributed by atoms with Crippen molar-refractivity contribution in [2.45, 2.75) is 53.4 Å². The third kappa shape index (κ3) is 4.75. The summed E-state index contributed by atoms with van der Waals surface area (Å²) in [6, 6.07) is 4.25. The summed E-state index contributed by atoms with van der Waals surface area (Å²) < 4.78 is 6.02. The SMILES string of the molecule is CCCCN(C)/C=N\c1cc(C)c(OCC2(C)CC2)cc1C. The minimum Gasteiger partial charge on any atom is -0.493 e. The lowest BCUT2D eigenvalue weighted by atomic mass is 10.1. The molecule has 0 N–H and O–H groups in total. The van der Waals surface area contributed by atoms with E-state index >= 15 is 0 Å². The fourth-order valence-electron chi connectivity index (χ4n) is 2.30. The Labute approximate surface area is 135 Å². The minimum absolute atomic E-state index is 0.416. The molecule has 122 valence electrons. The van der Waals surface area contributed by atoms with Crippen LogP contribution in [0.5, 0.6) is 5.75 Å². The second kappa shape index (κ2) is 7.17. The van der Waals surface area contributed by atoms with Crippen LogP contribution in [-0.2, 0) is 0 Å². The van der Waals surface area contributed by atoms with Crippen molar-refractivity contribution in [3.05, 3.63) is 23.3 Å². The molecule has 0 heterocycles. The molecular formula is C19H30N2O. The van der Waals surface area contributed by atoms with Crippen LogP contribution in [0.15, 0.2) is 17.1 Å². The summed E-state index contributed by atoms with van der Waals surface area (Å²) in [7, 11) is 2.08. The molecule has 0 aromatic heterocycles. The number of benzene rings is 1. The van der Waals surface area contributed by atoms with Gasteiger partial charge in [-0.15, -0.1) is 0 Å². The predicted molar refractivity (Wildman–Crippen MR) is 94.4 cm³/mol. The fourth-order valence-corrected chi connectivity index (χ4v) is 2.30. The number of aliphatic imine (C=N–C) groups is 1. The topological polar surface area (TPSA) is 24.8 Å². The number of hydrogen-bond donors (Lipinski definition) is 0. The molecule has 0 amide bonds. The summed E-state index contributed by atoms with van der Waals surface area (Å²) in [5.74, 6) is 1.00. The Hall–Kier alpha value is -1.51. The van der Waals surface area contributed by atoms with Crippen molar-refractivity contribution in [2.24, 2.45) is 10.4 Å². The van der Waals surface area contributed by atoms with Crippen LogP contribution in [0.1, 0.15) is 50.7 Å². The monoisotopic (exact) mass is 302 g/mol. The summed E-state index contributed by atoms with van der Waals surface area (Å²) in [6.45, 7) is 10.6. The number of nitrogens with zero attached hydrogens (tertiary/aromatic N) is 2. The van der Waals surface area contributed by atoms with Gasteiger partial charge in [0, 0.05) is 19.0 Å². The van der Waals surface area contributed by atoms with E-state index in [1.54, 1.807) is 0 Å². The van der Waals surface area contributed by atoms with Crippen LogP contribution in [0.2, 0.25) is 0 Å². The Bertz CT molecular complexity index is 532. The van der Waals surface area contributed by atoms with E-state index in [4.69, 9.17) is 4.74 Å². The van der Waals surface area contributed by atoms with Gasteiger partial charge in [-0.05, 0) is 56.4 Å². The standard InChI is InChI=1S/C19H30N2O/c1-6-7-10-21(5)14-20-17-11-16(3)18(12-15(17)2)22-13-19(4)8-9-19/h11-12,14H,6-10,13H2,1-5H3/b20-14-. The van der Waals surface area contributed by atoms with Gasteiger partial charge in [0.15, 0.2) is 0 Å². The van der Waals surface area contributed by atoms with Crippen molar-refractivity contribution in [3.8, 4) is 5.75 Å². The Morgan fingerprint density at radius 3 is 2.64 bits per heavy atom. The normalized spacial score (nSPS) is 16.0. The summed E-state index contributed by atoms with van der Waals surface area (Å²) in [5, 5.41) is 0. The fraction of sp³-hybridized carbons (Fsp3) is 0.632. The van der Waals surface area contributed by atoms with E-state index in [2.05, 4.69) is 56.8 Å². The predicted octanol–water partition coefficient (Wildman–Crippen LogP) is 4.87. The van der Waals surface area contributed by atoms with Gasteiger partial charge in [0.1, 0.15) is 5.75 Å². The average Bonchev–Trinajstić information content (AvgIpc) is 3.22. The molecule has 0 radical (unpaired) electrons. The molecule has 0 aliphatic heterocycles. The molecule has 2 rings (SSSR count). The zero-order chi connectivity index (χ0) is 16.2. The lowest BCUT2D eigenvalue weighted by molar-refractivity contribution is 0.246. The molecule has 0 bridgehead atoms. The molecule has 1 aromatic carbocycles. The summed E-state index contributed by atoms with van der Waals surface area (Å²) >= 11 is 0. The summed E-state index contributed by atoms with van der Waals surface area (Å²) in [5.41, 5.74) is 3.78. The van der Waals surface area contributed by atoms with E-state index in [0.717, 1.165) is 24.6 Å². The molecular weight excluding hydrogens is 272 g/mol.